The maximum atomic E-state index is 12.4. The predicted molar refractivity (Wildman–Crippen MR) is 86.0 cm³/mol. The first kappa shape index (κ1) is 18.6. The minimum atomic E-state index is -3.75. The van der Waals surface area contributed by atoms with E-state index in [4.69, 9.17) is 4.74 Å². The fourth-order valence-electron chi connectivity index (χ4n) is 1.82. The molecule has 0 saturated carbocycles. The number of nitrogens with one attached hydrogen (secondary N) is 1. The van der Waals surface area contributed by atoms with Crippen LogP contribution in [0.4, 0.5) is 0 Å². The third-order valence-corrected chi connectivity index (χ3v) is 4.73. The van der Waals surface area contributed by atoms with Crippen molar-refractivity contribution in [2.24, 2.45) is 5.92 Å². The van der Waals surface area contributed by atoms with Crippen molar-refractivity contribution in [1.82, 2.24) is 4.72 Å². The molecule has 0 amide bonds. The van der Waals surface area contributed by atoms with Gasteiger partial charge < -0.3 is 4.74 Å². The lowest BCUT2D eigenvalue weighted by molar-refractivity contribution is -0.146. The normalized spacial score (nSPS) is 13.1. The number of carbonyl (C=O) groups excluding carboxylic acids is 1. The summed E-state index contributed by atoms with van der Waals surface area (Å²) in [6.07, 6.45) is 1.68. The van der Waals surface area contributed by atoms with Gasteiger partial charge in [-0.2, -0.15) is 4.72 Å². The summed E-state index contributed by atoms with van der Waals surface area (Å²) in [4.78, 5) is 12.2. The van der Waals surface area contributed by atoms with E-state index in [0.717, 1.165) is 18.4 Å². The third kappa shape index (κ3) is 5.42. The van der Waals surface area contributed by atoms with E-state index in [1.54, 1.807) is 26.0 Å². The zero-order chi connectivity index (χ0) is 16.8. The number of rotatable bonds is 8. The summed E-state index contributed by atoms with van der Waals surface area (Å²) < 4.78 is 32.3. The summed E-state index contributed by atoms with van der Waals surface area (Å²) in [7, 11) is -3.75. The van der Waals surface area contributed by atoms with Gasteiger partial charge in [0.2, 0.25) is 10.0 Å². The summed E-state index contributed by atoms with van der Waals surface area (Å²) in [5.74, 6) is -0.728. The van der Waals surface area contributed by atoms with Gasteiger partial charge in [0.1, 0.15) is 6.04 Å². The van der Waals surface area contributed by atoms with Crippen LogP contribution in [-0.2, 0) is 19.6 Å². The van der Waals surface area contributed by atoms with Crippen LogP contribution in [0.15, 0.2) is 29.2 Å². The molecule has 0 heterocycles. The van der Waals surface area contributed by atoms with Gasteiger partial charge >= 0.3 is 5.97 Å². The fraction of sp³-hybridized carbons (Fsp3) is 0.562. The van der Waals surface area contributed by atoms with Crippen LogP contribution in [0.2, 0.25) is 0 Å². The zero-order valence-corrected chi connectivity index (χ0v) is 14.4. The molecule has 0 aliphatic carbocycles. The Hall–Kier alpha value is -1.40. The topological polar surface area (TPSA) is 72.5 Å². The quantitative estimate of drug-likeness (QED) is 0.588. The molecule has 22 heavy (non-hydrogen) atoms. The van der Waals surface area contributed by atoms with Crippen LogP contribution < -0.4 is 4.72 Å². The average molecular weight is 327 g/mol. The molecule has 6 heteroatoms. The van der Waals surface area contributed by atoms with E-state index in [1.807, 2.05) is 13.8 Å². The molecule has 0 aromatic heterocycles. The largest absolute Gasteiger partial charge is 0.464 e. The molecule has 1 aromatic rings. The van der Waals surface area contributed by atoms with Gasteiger partial charge in [0.25, 0.3) is 0 Å². The Kier molecular flexibility index (Phi) is 7.03. The number of esters is 1. The van der Waals surface area contributed by atoms with Gasteiger partial charge in [0, 0.05) is 0 Å². The van der Waals surface area contributed by atoms with Crippen molar-refractivity contribution >= 4 is 16.0 Å². The van der Waals surface area contributed by atoms with E-state index in [1.165, 1.54) is 12.1 Å². The fourth-order valence-corrected chi connectivity index (χ4v) is 3.15. The first-order valence-electron chi connectivity index (χ1n) is 7.53. The highest BCUT2D eigenvalue weighted by Gasteiger charge is 2.29. The van der Waals surface area contributed by atoms with Crippen molar-refractivity contribution < 1.29 is 17.9 Å². The maximum Gasteiger partial charge on any atom is 0.324 e. The van der Waals surface area contributed by atoms with Gasteiger partial charge in [-0.1, -0.05) is 44.9 Å². The summed E-state index contributed by atoms with van der Waals surface area (Å²) in [6.45, 7) is 7.75. The van der Waals surface area contributed by atoms with Crippen molar-refractivity contribution in [2.75, 3.05) is 6.61 Å². The van der Waals surface area contributed by atoms with Gasteiger partial charge in [-0.3, -0.25) is 4.79 Å². The van der Waals surface area contributed by atoms with Crippen LogP contribution in [0.25, 0.3) is 0 Å². The second kappa shape index (κ2) is 8.29. The minimum absolute atomic E-state index is 0.144. The number of ether oxygens (including phenoxy) is 1. The van der Waals surface area contributed by atoms with Crippen molar-refractivity contribution in [1.29, 1.82) is 0 Å². The highest BCUT2D eigenvalue weighted by molar-refractivity contribution is 7.89. The van der Waals surface area contributed by atoms with E-state index < -0.39 is 22.0 Å². The van der Waals surface area contributed by atoms with E-state index in [0.29, 0.717) is 6.61 Å². The highest BCUT2D eigenvalue weighted by Crippen LogP contribution is 2.13. The number of sulfonamides is 1. The van der Waals surface area contributed by atoms with Crippen molar-refractivity contribution in [3.63, 3.8) is 0 Å². The van der Waals surface area contributed by atoms with Crippen LogP contribution in [0.5, 0.6) is 0 Å². The Bertz CT molecular complexity index is 579. The molecule has 0 spiro atoms. The monoisotopic (exact) mass is 327 g/mol. The molecule has 1 rings (SSSR count). The van der Waals surface area contributed by atoms with Crippen LogP contribution >= 0.6 is 0 Å². The van der Waals surface area contributed by atoms with Crippen LogP contribution in [0.1, 0.15) is 39.2 Å². The predicted octanol–water partition coefficient (Wildman–Crippen LogP) is 2.64. The van der Waals surface area contributed by atoms with E-state index in [-0.39, 0.29) is 10.8 Å². The molecule has 0 fully saturated rings. The molecule has 5 nitrogen and oxygen atoms in total. The lowest BCUT2D eigenvalue weighted by atomic mass is 10.1. The Morgan fingerprint density at radius 2 is 1.82 bits per heavy atom. The number of hydrogen-bond acceptors (Lipinski definition) is 4. The molecule has 0 aliphatic rings. The average Bonchev–Trinajstić information content (AvgIpc) is 2.45. The molecule has 0 unspecified atom stereocenters. The molecule has 0 saturated heterocycles. The van der Waals surface area contributed by atoms with Crippen LogP contribution in [0, 0.1) is 12.8 Å². The second-order valence-electron chi connectivity index (χ2n) is 5.68. The van der Waals surface area contributed by atoms with Crippen molar-refractivity contribution in [2.45, 2.75) is 51.5 Å². The SMILES string of the molecule is CCCCOC(=O)[C@H](NS(=O)(=O)c1ccc(C)cc1)C(C)C. The molecule has 1 atom stereocenters. The number of carbonyl (C=O) groups is 1. The molecular weight excluding hydrogens is 302 g/mol. The van der Waals surface area contributed by atoms with E-state index >= 15 is 0 Å². The van der Waals surface area contributed by atoms with E-state index in [9.17, 15) is 13.2 Å². The molecule has 124 valence electrons. The maximum absolute atomic E-state index is 12.4. The Morgan fingerprint density at radius 3 is 2.32 bits per heavy atom. The molecule has 0 bridgehead atoms. The van der Waals surface area contributed by atoms with Crippen molar-refractivity contribution in [3.8, 4) is 0 Å². The van der Waals surface area contributed by atoms with E-state index in [2.05, 4.69) is 4.72 Å². The highest BCUT2D eigenvalue weighted by atomic mass is 32.2. The lowest BCUT2D eigenvalue weighted by Gasteiger charge is -2.20. The summed E-state index contributed by atoms with van der Waals surface area (Å²) in [5, 5.41) is 0. The number of aryl methyl sites for hydroxylation is 1. The van der Waals surface area contributed by atoms with Crippen molar-refractivity contribution in [3.05, 3.63) is 29.8 Å². The Morgan fingerprint density at radius 1 is 1.23 bits per heavy atom. The van der Waals surface area contributed by atoms with Crippen LogP contribution in [-0.4, -0.2) is 27.0 Å². The molecule has 1 aromatic carbocycles. The van der Waals surface area contributed by atoms with Gasteiger partial charge in [-0.05, 0) is 31.4 Å². The molecular formula is C16H25NO4S. The molecule has 0 aliphatic heterocycles. The number of hydrogen-bond donors (Lipinski definition) is 1. The minimum Gasteiger partial charge on any atom is -0.464 e. The smallest absolute Gasteiger partial charge is 0.324 e. The molecule has 1 N–H and O–H groups in total. The zero-order valence-electron chi connectivity index (χ0n) is 13.6. The van der Waals surface area contributed by atoms with Gasteiger partial charge in [0.05, 0.1) is 11.5 Å². The lowest BCUT2D eigenvalue weighted by Crippen LogP contribution is -2.45. The van der Waals surface area contributed by atoms with Gasteiger partial charge in [0.15, 0.2) is 0 Å². The Balaban J connectivity index is 2.85. The number of benzene rings is 1. The third-order valence-electron chi connectivity index (χ3n) is 3.28. The molecule has 0 radical (unpaired) electrons. The van der Waals surface area contributed by atoms with Gasteiger partial charge in [-0.25, -0.2) is 8.42 Å². The standard InChI is InChI=1S/C16H25NO4S/c1-5-6-11-21-16(18)15(12(2)3)17-22(19,20)14-9-7-13(4)8-10-14/h7-10,12,15,17H,5-6,11H2,1-4H3/t15-/m1/s1. The Labute approximate surface area is 133 Å². The summed E-state index contributed by atoms with van der Waals surface area (Å²) >= 11 is 0. The number of unbranched alkanes of at least 4 members (excludes halogenated alkanes) is 1. The summed E-state index contributed by atoms with van der Waals surface area (Å²) in [6, 6.07) is 5.61. The first-order chi connectivity index (χ1) is 10.3. The first-order valence-corrected chi connectivity index (χ1v) is 9.02. The van der Waals surface area contributed by atoms with Gasteiger partial charge in [-0.15, -0.1) is 0 Å². The van der Waals surface area contributed by atoms with Crippen LogP contribution in [0.3, 0.4) is 0 Å². The second-order valence-corrected chi connectivity index (χ2v) is 7.39. The summed E-state index contributed by atoms with van der Waals surface area (Å²) in [5.41, 5.74) is 0.971.